The molecular formula is C24H23N3O2. The molecule has 4 rings (SSSR count). The zero-order chi connectivity index (χ0) is 19.7. The van der Waals surface area contributed by atoms with Crippen LogP contribution in [-0.2, 0) is 19.6 Å². The zero-order valence-electron chi connectivity index (χ0n) is 16.1. The molecule has 0 saturated heterocycles. The van der Waals surface area contributed by atoms with Gasteiger partial charge in [0.1, 0.15) is 24.3 Å². The first-order valence-electron chi connectivity index (χ1n) is 9.70. The molecular weight excluding hydrogens is 362 g/mol. The monoisotopic (exact) mass is 385 g/mol. The van der Waals surface area contributed by atoms with Crippen LogP contribution in [0.3, 0.4) is 0 Å². The van der Waals surface area contributed by atoms with Gasteiger partial charge in [-0.05, 0) is 42.2 Å². The number of benzene rings is 2. The number of nitrogens with zero attached hydrogens (tertiary/aromatic N) is 3. The highest BCUT2D eigenvalue weighted by molar-refractivity contribution is 5.65. The average Bonchev–Trinajstić information content (AvgIpc) is 3.44. The van der Waals surface area contributed by atoms with Gasteiger partial charge in [-0.2, -0.15) is 0 Å². The van der Waals surface area contributed by atoms with Crippen LogP contribution in [0.15, 0.2) is 84.0 Å². The molecule has 0 aliphatic heterocycles. The van der Waals surface area contributed by atoms with Gasteiger partial charge in [-0.3, -0.25) is 0 Å². The molecule has 146 valence electrons. The minimum atomic E-state index is 0.376. The molecule has 0 aliphatic carbocycles. The third-order valence-electron chi connectivity index (χ3n) is 4.51. The molecule has 0 saturated carbocycles. The van der Waals surface area contributed by atoms with Crippen LogP contribution in [0.2, 0.25) is 0 Å². The molecule has 29 heavy (non-hydrogen) atoms. The van der Waals surface area contributed by atoms with Crippen molar-refractivity contribution in [1.29, 1.82) is 0 Å². The van der Waals surface area contributed by atoms with Gasteiger partial charge in [-0.15, -0.1) is 0 Å². The average molecular weight is 385 g/mol. The van der Waals surface area contributed by atoms with E-state index in [1.807, 2.05) is 67.1 Å². The second kappa shape index (κ2) is 9.55. The van der Waals surface area contributed by atoms with Crippen LogP contribution in [0.1, 0.15) is 29.1 Å². The number of hydrogen-bond acceptors (Lipinski definition) is 4. The summed E-state index contributed by atoms with van der Waals surface area (Å²) in [4.78, 5) is 8.52. The van der Waals surface area contributed by atoms with Gasteiger partial charge in [-0.1, -0.05) is 42.5 Å². The van der Waals surface area contributed by atoms with Crippen molar-refractivity contribution >= 4 is 12.2 Å². The zero-order valence-corrected chi connectivity index (χ0v) is 16.1. The largest absolute Gasteiger partial charge is 0.487 e. The highest BCUT2D eigenvalue weighted by atomic mass is 16.5. The highest BCUT2D eigenvalue weighted by Crippen LogP contribution is 2.17. The molecule has 0 amide bonds. The van der Waals surface area contributed by atoms with Gasteiger partial charge < -0.3 is 13.7 Å². The summed E-state index contributed by atoms with van der Waals surface area (Å²) in [6.45, 7) is 1.34. The normalized spacial score (nSPS) is 11.2. The Labute approximate surface area is 170 Å². The van der Waals surface area contributed by atoms with Gasteiger partial charge in [0.25, 0.3) is 0 Å². The molecule has 2 aromatic heterocycles. The molecule has 0 radical (unpaired) electrons. The van der Waals surface area contributed by atoms with Crippen LogP contribution < -0.4 is 4.74 Å². The molecule has 0 aliphatic rings. The summed E-state index contributed by atoms with van der Waals surface area (Å²) in [5.74, 6) is 1.41. The lowest BCUT2D eigenvalue weighted by atomic mass is 10.1. The summed E-state index contributed by atoms with van der Waals surface area (Å²) in [7, 11) is 0. The summed E-state index contributed by atoms with van der Waals surface area (Å²) in [5.41, 5.74) is 3.13. The van der Waals surface area contributed by atoms with Crippen LogP contribution in [0.4, 0.5) is 0 Å². The molecule has 5 nitrogen and oxygen atoms in total. The Morgan fingerprint density at radius 2 is 1.97 bits per heavy atom. The highest BCUT2D eigenvalue weighted by Gasteiger charge is 2.04. The summed E-state index contributed by atoms with van der Waals surface area (Å²) >= 11 is 0. The molecule has 0 N–H and O–H groups in total. The first kappa shape index (κ1) is 18.7. The van der Waals surface area contributed by atoms with E-state index < -0.39 is 0 Å². The SMILES string of the molecule is C(=C\c1nc(COc2cccc(CCCn3ccnc3)c2)co1)/c1ccccc1. The standard InChI is InChI=1S/C24H23N3O2/c1-2-6-20(7-3-1)11-12-24-26-22(18-29-24)17-28-23-10-4-8-21(16-23)9-5-14-27-15-13-25-19-27/h1-4,6-8,10-13,15-16,18-19H,5,9,14,17H2/b12-11+. The minimum absolute atomic E-state index is 0.376. The minimum Gasteiger partial charge on any atom is -0.487 e. The number of aromatic nitrogens is 3. The van der Waals surface area contributed by atoms with E-state index in [1.54, 1.807) is 12.5 Å². The Morgan fingerprint density at radius 3 is 2.83 bits per heavy atom. The number of oxazole rings is 1. The number of ether oxygens (including phenoxy) is 1. The second-order valence-corrected chi connectivity index (χ2v) is 6.76. The van der Waals surface area contributed by atoms with Crippen molar-refractivity contribution in [2.45, 2.75) is 26.0 Å². The quantitative estimate of drug-likeness (QED) is 0.395. The van der Waals surface area contributed by atoms with Crippen LogP contribution >= 0.6 is 0 Å². The molecule has 4 aromatic rings. The fourth-order valence-corrected chi connectivity index (χ4v) is 3.03. The molecule has 0 atom stereocenters. The second-order valence-electron chi connectivity index (χ2n) is 6.76. The van der Waals surface area contributed by atoms with E-state index in [0.29, 0.717) is 12.5 Å². The van der Waals surface area contributed by atoms with Crippen molar-refractivity contribution in [2.24, 2.45) is 0 Å². The van der Waals surface area contributed by atoms with Crippen LogP contribution in [-0.4, -0.2) is 14.5 Å². The van der Waals surface area contributed by atoms with Gasteiger partial charge in [0.15, 0.2) is 0 Å². The van der Waals surface area contributed by atoms with Crippen molar-refractivity contribution in [3.05, 3.63) is 102 Å². The van der Waals surface area contributed by atoms with Crippen molar-refractivity contribution in [3.8, 4) is 5.75 Å². The Kier molecular flexibility index (Phi) is 6.18. The Hall–Kier alpha value is -3.60. The maximum atomic E-state index is 5.90. The van der Waals surface area contributed by atoms with Crippen molar-refractivity contribution in [2.75, 3.05) is 0 Å². The van der Waals surface area contributed by atoms with Gasteiger partial charge in [-0.25, -0.2) is 9.97 Å². The molecule has 0 fully saturated rings. The van der Waals surface area contributed by atoms with E-state index in [9.17, 15) is 0 Å². The fourth-order valence-electron chi connectivity index (χ4n) is 3.03. The van der Waals surface area contributed by atoms with E-state index in [-0.39, 0.29) is 0 Å². The van der Waals surface area contributed by atoms with E-state index in [4.69, 9.17) is 9.15 Å². The van der Waals surface area contributed by atoms with Crippen LogP contribution in [0.5, 0.6) is 5.75 Å². The maximum absolute atomic E-state index is 5.90. The van der Waals surface area contributed by atoms with Crippen molar-refractivity contribution in [1.82, 2.24) is 14.5 Å². The summed E-state index contributed by atoms with van der Waals surface area (Å²) in [6, 6.07) is 18.3. The van der Waals surface area contributed by atoms with E-state index in [2.05, 4.69) is 26.7 Å². The first-order valence-corrected chi connectivity index (χ1v) is 9.70. The summed E-state index contributed by atoms with van der Waals surface area (Å²) < 4.78 is 13.5. The third-order valence-corrected chi connectivity index (χ3v) is 4.51. The first-order chi connectivity index (χ1) is 14.3. The van der Waals surface area contributed by atoms with Crippen LogP contribution in [0, 0.1) is 0 Å². The smallest absolute Gasteiger partial charge is 0.218 e. The fraction of sp³-hybridized carbons (Fsp3) is 0.167. The predicted molar refractivity (Wildman–Crippen MR) is 113 cm³/mol. The van der Waals surface area contributed by atoms with E-state index in [1.165, 1.54) is 5.56 Å². The number of rotatable bonds is 9. The number of aryl methyl sites for hydroxylation is 2. The predicted octanol–water partition coefficient (Wildman–Crippen LogP) is 5.25. The molecule has 0 unspecified atom stereocenters. The van der Waals surface area contributed by atoms with E-state index >= 15 is 0 Å². The van der Waals surface area contributed by atoms with Gasteiger partial charge in [0, 0.05) is 25.0 Å². The topological polar surface area (TPSA) is 53.1 Å². The lowest BCUT2D eigenvalue weighted by Gasteiger charge is -2.07. The molecule has 0 spiro atoms. The lowest BCUT2D eigenvalue weighted by Crippen LogP contribution is -1.98. The Bertz CT molecular complexity index is 1040. The van der Waals surface area contributed by atoms with E-state index in [0.717, 1.165) is 36.4 Å². The number of hydrogen-bond donors (Lipinski definition) is 0. The number of imidazole rings is 1. The van der Waals surface area contributed by atoms with Gasteiger partial charge in [0.2, 0.25) is 5.89 Å². The summed E-state index contributed by atoms with van der Waals surface area (Å²) in [6.07, 6.45) is 13.2. The molecule has 5 heteroatoms. The molecule has 2 heterocycles. The van der Waals surface area contributed by atoms with Crippen molar-refractivity contribution < 1.29 is 9.15 Å². The van der Waals surface area contributed by atoms with Gasteiger partial charge in [0.05, 0.1) is 6.33 Å². The third kappa shape index (κ3) is 5.69. The van der Waals surface area contributed by atoms with Gasteiger partial charge >= 0.3 is 0 Å². The summed E-state index contributed by atoms with van der Waals surface area (Å²) in [5, 5.41) is 0. The Balaban J connectivity index is 1.28. The van der Waals surface area contributed by atoms with Crippen molar-refractivity contribution in [3.63, 3.8) is 0 Å². The molecule has 2 aromatic carbocycles. The van der Waals surface area contributed by atoms with Crippen LogP contribution in [0.25, 0.3) is 12.2 Å². The molecule has 0 bridgehead atoms. The lowest BCUT2D eigenvalue weighted by molar-refractivity contribution is 0.300. The Morgan fingerprint density at radius 1 is 1.03 bits per heavy atom. The maximum Gasteiger partial charge on any atom is 0.218 e.